The lowest BCUT2D eigenvalue weighted by Crippen LogP contribution is -2.38. The van der Waals surface area contributed by atoms with Crippen molar-refractivity contribution in [3.8, 4) is 0 Å². The zero-order chi connectivity index (χ0) is 20.7. The molecule has 3 N–H and O–H groups in total. The number of aromatic nitrogens is 1. The van der Waals surface area contributed by atoms with E-state index in [1.807, 2.05) is 18.2 Å². The van der Waals surface area contributed by atoms with E-state index in [9.17, 15) is 14.4 Å². The van der Waals surface area contributed by atoms with E-state index in [4.69, 9.17) is 4.42 Å². The molecule has 1 aliphatic heterocycles. The molecule has 1 saturated heterocycles. The molecule has 1 aliphatic carbocycles. The second-order valence-corrected chi connectivity index (χ2v) is 7.79. The van der Waals surface area contributed by atoms with E-state index >= 15 is 0 Å². The molecule has 1 fully saturated rings. The number of fused-ring (bicyclic) bond motifs is 3. The van der Waals surface area contributed by atoms with Crippen molar-refractivity contribution in [2.45, 2.75) is 44.3 Å². The number of benzene rings is 1. The van der Waals surface area contributed by atoms with Gasteiger partial charge in [0.1, 0.15) is 11.8 Å². The normalized spacial score (nSPS) is 21.0. The van der Waals surface area contributed by atoms with Crippen molar-refractivity contribution in [1.82, 2.24) is 20.5 Å². The first-order chi connectivity index (χ1) is 14.6. The predicted octanol–water partition coefficient (Wildman–Crippen LogP) is 2.77. The lowest BCUT2D eigenvalue weighted by Gasteiger charge is -2.24. The lowest BCUT2D eigenvalue weighted by molar-refractivity contribution is -0.131. The Balaban J connectivity index is 1.26. The summed E-state index contributed by atoms with van der Waals surface area (Å²) < 4.78 is 5.21. The number of carbonyl (C=O) groups is 3. The second-order valence-electron chi connectivity index (χ2n) is 7.79. The van der Waals surface area contributed by atoms with E-state index in [1.165, 1.54) is 17.2 Å². The smallest absolute Gasteiger partial charge is 0.325 e. The van der Waals surface area contributed by atoms with Crippen LogP contribution in [0.2, 0.25) is 0 Å². The van der Waals surface area contributed by atoms with Gasteiger partial charge < -0.3 is 20.0 Å². The average molecular weight is 406 g/mol. The van der Waals surface area contributed by atoms with Gasteiger partial charge in [0, 0.05) is 16.6 Å². The standard InChI is InChI=1S/C22H22N4O4/c27-19(11-18-21(28)26(22(29)25-18)12-13-5-4-10-30-13)23-17-9-3-7-15-14-6-1-2-8-16(14)24-20(15)17/h1-2,4-6,8,10,17-18,24H,3,7,9,11-12H2,(H,23,27)(H,25,29). The SMILES string of the molecule is O=C(CC1NC(=O)N(Cc2ccco2)C1=O)NC1CCCc2c1[nH]c1ccccc21. The van der Waals surface area contributed by atoms with Crippen LogP contribution in [0.15, 0.2) is 47.1 Å². The highest BCUT2D eigenvalue weighted by molar-refractivity contribution is 6.05. The molecule has 3 aromatic rings. The van der Waals surface area contributed by atoms with Crippen LogP contribution >= 0.6 is 0 Å². The maximum atomic E-state index is 12.7. The molecule has 0 saturated carbocycles. The fraction of sp³-hybridized carbons (Fsp3) is 0.318. The molecule has 8 nitrogen and oxygen atoms in total. The Morgan fingerprint density at radius 1 is 1.20 bits per heavy atom. The summed E-state index contributed by atoms with van der Waals surface area (Å²) in [5.41, 5.74) is 3.35. The summed E-state index contributed by atoms with van der Waals surface area (Å²) in [6, 6.07) is 10.0. The fourth-order valence-corrected chi connectivity index (χ4v) is 4.42. The zero-order valence-corrected chi connectivity index (χ0v) is 16.3. The van der Waals surface area contributed by atoms with E-state index in [1.54, 1.807) is 12.1 Å². The van der Waals surface area contributed by atoms with Gasteiger partial charge in [-0.15, -0.1) is 0 Å². The highest BCUT2D eigenvalue weighted by Crippen LogP contribution is 2.34. The van der Waals surface area contributed by atoms with Gasteiger partial charge in [-0.1, -0.05) is 18.2 Å². The molecule has 2 aromatic heterocycles. The molecule has 154 valence electrons. The summed E-state index contributed by atoms with van der Waals surface area (Å²) >= 11 is 0. The summed E-state index contributed by atoms with van der Waals surface area (Å²) in [6.07, 6.45) is 4.19. The maximum absolute atomic E-state index is 12.7. The van der Waals surface area contributed by atoms with Crippen molar-refractivity contribution in [2.24, 2.45) is 0 Å². The monoisotopic (exact) mass is 406 g/mol. The summed E-state index contributed by atoms with van der Waals surface area (Å²) in [4.78, 5) is 42.0. The van der Waals surface area contributed by atoms with Gasteiger partial charge in [-0.2, -0.15) is 0 Å². The van der Waals surface area contributed by atoms with Crippen LogP contribution in [0, 0.1) is 0 Å². The highest BCUT2D eigenvalue weighted by atomic mass is 16.3. The molecule has 0 bridgehead atoms. The van der Waals surface area contributed by atoms with Crippen molar-refractivity contribution >= 4 is 28.7 Å². The number of furan rings is 1. The molecular formula is C22H22N4O4. The van der Waals surface area contributed by atoms with Crippen LogP contribution in [-0.4, -0.2) is 33.8 Å². The van der Waals surface area contributed by atoms with Crippen molar-refractivity contribution in [3.05, 3.63) is 59.7 Å². The first kappa shape index (κ1) is 18.5. The van der Waals surface area contributed by atoms with Gasteiger partial charge in [-0.05, 0) is 43.0 Å². The van der Waals surface area contributed by atoms with Crippen LogP contribution in [0.5, 0.6) is 0 Å². The number of nitrogens with one attached hydrogen (secondary N) is 3. The van der Waals surface area contributed by atoms with Gasteiger partial charge in [0.05, 0.1) is 25.3 Å². The molecule has 3 heterocycles. The average Bonchev–Trinajstić information content (AvgIpc) is 3.44. The van der Waals surface area contributed by atoms with E-state index < -0.39 is 18.0 Å². The molecule has 2 aliphatic rings. The number of urea groups is 1. The number of imide groups is 1. The fourth-order valence-electron chi connectivity index (χ4n) is 4.42. The van der Waals surface area contributed by atoms with Crippen LogP contribution in [0.25, 0.3) is 10.9 Å². The molecule has 2 unspecified atom stereocenters. The first-order valence-electron chi connectivity index (χ1n) is 10.1. The quantitative estimate of drug-likeness (QED) is 0.566. The number of rotatable bonds is 5. The Kier molecular flexibility index (Phi) is 4.54. The molecule has 1 aromatic carbocycles. The molecule has 0 spiro atoms. The van der Waals surface area contributed by atoms with Gasteiger partial charge in [-0.3, -0.25) is 14.5 Å². The minimum absolute atomic E-state index is 0.0524. The van der Waals surface area contributed by atoms with Crippen LogP contribution in [0.1, 0.15) is 42.3 Å². The summed E-state index contributed by atoms with van der Waals surface area (Å²) in [5, 5.41) is 6.84. The Morgan fingerprint density at radius 3 is 2.90 bits per heavy atom. The molecule has 5 rings (SSSR count). The highest BCUT2D eigenvalue weighted by Gasteiger charge is 2.39. The van der Waals surface area contributed by atoms with Crippen molar-refractivity contribution in [3.63, 3.8) is 0 Å². The number of aromatic amines is 1. The van der Waals surface area contributed by atoms with Gasteiger partial charge in [-0.25, -0.2) is 4.79 Å². The van der Waals surface area contributed by atoms with Crippen molar-refractivity contribution < 1.29 is 18.8 Å². The Hall–Kier alpha value is -3.55. The third-order valence-corrected chi connectivity index (χ3v) is 5.84. The molecule has 8 heteroatoms. The van der Waals surface area contributed by atoms with Crippen LogP contribution < -0.4 is 10.6 Å². The van der Waals surface area contributed by atoms with Crippen LogP contribution in [0.4, 0.5) is 4.79 Å². The van der Waals surface area contributed by atoms with Gasteiger partial charge in [0.2, 0.25) is 5.91 Å². The number of para-hydroxylation sites is 1. The van der Waals surface area contributed by atoms with Crippen LogP contribution in [0.3, 0.4) is 0 Å². The molecular weight excluding hydrogens is 384 g/mol. The predicted molar refractivity (Wildman–Crippen MR) is 108 cm³/mol. The molecule has 2 atom stereocenters. The number of carbonyl (C=O) groups excluding carboxylic acids is 3. The molecule has 30 heavy (non-hydrogen) atoms. The van der Waals surface area contributed by atoms with Gasteiger partial charge in [0.15, 0.2) is 0 Å². The number of amides is 4. The summed E-state index contributed by atoms with van der Waals surface area (Å²) in [7, 11) is 0. The topological polar surface area (TPSA) is 107 Å². The Labute approximate surface area is 172 Å². The van der Waals surface area contributed by atoms with Gasteiger partial charge >= 0.3 is 6.03 Å². The second kappa shape index (κ2) is 7.37. The summed E-state index contributed by atoms with van der Waals surface area (Å²) in [6.45, 7) is 0.0524. The van der Waals surface area contributed by atoms with E-state index in [2.05, 4.69) is 21.7 Å². The Bertz CT molecular complexity index is 1120. The zero-order valence-electron chi connectivity index (χ0n) is 16.3. The van der Waals surface area contributed by atoms with E-state index in [-0.39, 0.29) is 24.9 Å². The molecule has 0 radical (unpaired) electrons. The number of hydrogen-bond acceptors (Lipinski definition) is 4. The minimum atomic E-state index is -0.863. The lowest BCUT2D eigenvalue weighted by atomic mass is 9.91. The largest absolute Gasteiger partial charge is 0.467 e. The number of hydrogen-bond donors (Lipinski definition) is 3. The van der Waals surface area contributed by atoms with Crippen LogP contribution in [-0.2, 0) is 22.6 Å². The third kappa shape index (κ3) is 3.24. The Morgan fingerprint density at radius 2 is 2.07 bits per heavy atom. The number of nitrogens with zero attached hydrogens (tertiary/aromatic N) is 1. The summed E-state index contributed by atoms with van der Waals surface area (Å²) in [5.74, 6) is -0.163. The van der Waals surface area contributed by atoms with Crippen molar-refractivity contribution in [1.29, 1.82) is 0 Å². The number of H-pyrrole nitrogens is 1. The van der Waals surface area contributed by atoms with E-state index in [0.717, 1.165) is 35.4 Å². The van der Waals surface area contributed by atoms with Crippen molar-refractivity contribution in [2.75, 3.05) is 0 Å². The first-order valence-corrected chi connectivity index (χ1v) is 10.1. The van der Waals surface area contributed by atoms with Gasteiger partial charge in [0.25, 0.3) is 5.91 Å². The third-order valence-electron chi connectivity index (χ3n) is 5.84. The minimum Gasteiger partial charge on any atom is -0.467 e. The molecule has 4 amide bonds. The number of aryl methyl sites for hydroxylation is 1. The van der Waals surface area contributed by atoms with E-state index in [0.29, 0.717) is 5.76 Å². The maximum Gasteiger partial charge on any atom is 0.325 e.